The molecule has 0 bridgehead atoms. The van der Waals surface area contributed by atoms with Crippen molar-refractivity contribution < 1.29 is 4.79 Å². The molecule has 1 aromatic carbocycles. The Morgan fingerprint density at radius 2 is 2.00 bits per heavy atom. The van der Waals surface area contributed by atoms with Gasteiger partial charge < -0.3 is 9.47 Å². The first-order valence-corrected chi connectivity index (χ1v) is 9.63. The van der Waals surface area contributed by atoms with Crippen LogP contribution in [-0.4, -0.2) is 49.9 Å². The van der Waals surface area contributed by atoms with Crippen LogP contribution in [0.3, 0.4) is 0 Å². The minimum absolute atomic E-state index is 0.0275. The number of rotatable bonds is 2. The third-order valence-corrected chi connectivity index (χ3v) is 5.64. The molecule has 1 amide bonds. The third kappa shape index (κ3) is 3.00. The SMILES string of the molecule is Cn1c(-c2ccccc2Cl)nc2cc(C(=O)N3CCSCC3)cnc21. The van der Waals surface area contributed by atoms with Crippen LogP contribution in [0.15, 0.2) is 36.5 Å². The molecule has 3 heterocycles. The number of pyridine rings is 1. The fraction of sp³-hybridized carbons (Fsp3) is 0.278. The number of hydrogen-bond donors (Lipinski definition) is 0. The van der Waals surface area contributed by atoms with Gasteiger partial charge in [0.25, 0.3) is 5.91 Å². The highest BCUT2D eigenvalue weighted by Gasteiger charge is 2.20. The van der Waals surface area contributed by atoms with E-state index in [1.807, 2.05) is 58.6 Å². The van der Waals surface area contributed by atoms with E-state index in [1.165, 1.54) is 0 Å². The van der Waals surface area contributed by atoms with Crippen LogP contribution in [-0.2, 0) is 7.05 Å². The van der Waals surface area contributed by atoms with E-state index in [-0.39, 0.29) is 5.91 Å². The van der Waals surface area contributed by atoms with E-state index < -0.39 is 0 Å². The second kappa shape index (κ2) is 6.69. The number of nitrogens with zero attached hydrogens (tertiary/aromatic N) is 4. The van der Waals surface area contributed by atoms with Crippen LogP contribution in [0.4, 0.5) is 0 Å². The van der Waals surface area contributed by atoms with Crippen LogP contribution in [0, 0.1) is 0 Å². The maximum Gasteiger partial charge on any atom is 0.255 e. The Balaban J connectivity index is 1.74. The van der Waals surface area contributed by atoms with Crippen LogP contribution in [0.2, 0.25) is 5.02 Å². The lowest BCUT2D eigenvalue weighted by Crippen LogP contribution is -2.37. The molecule has 0 radical (unpaired) electrons. The molecular weight excluding hydrogens is 356 g/mol. The fourth-order valence-corrected chi connectivity index (χ4v) is 4.15. The molecule has 128 valence electrons. The molecule has 5 nitrogen and oxygen atoms in total. The van der Waals surface area contributed by atoms with Crippen molar-refractivity contribution in [2.24, 2.45) is 7.05 Å². The van der Waals surface area contributed by atoms with Crippen molar-refractivity contribution in [2.75, 3.05) is 24.6 Å². The lowest BCUT2D eigenvalue weighted by atomic mass is 10.2. The largest absolute Gasteiger partial charge is 0.337 e. The highest BCUT2D eigenvalue weighted by atomic mass is 35.5. The summed E-state index contributed by atoms with van der Waals surface area (Å²) in [5.41, 5.74) is 2.88. The Kier molecular flexibility index (Phi) is 4.39. The average molecular weight is 373 g/mol. The van der Waals surface area contributed by atoms with Gasteiger partial charge in [0.15, 0.2) is 5.65 Å². The van der Waals surface area contributed by atoms with Crippen molar-refractivity contribution >= 4 is 40.4 Å². The summed E-state index contributed by atoms with van der Waals surface area (Å²) in [7, 11) is 1.91. The molecule has 1 aliphatic rings. The summed E-state index contributed by atoms with van der Waals surface area (Å²) in [6, 6.07) is 9.42. The number of amides is 1. The van der Waals surface area contributed by atoms with E-state index in [1.54, 1.807) is 6.20 Å². The summed E-state index contributed by atoms with van der Waals surface area (Å²) >= 11 is 8.19. The number of thioether (sulfide) groups is 1. The maximum absolute atomic E-state index is 12.7. The second-order valence-electron chi connectivity index (χ2n) is 5.95. The van der Waals surface area contributed by atoms with Gasteiger partial charge in [-0.3, -0.25) is 4.79 Å². The summed E-state index contributed by atoms with van der Waals surface area (Å²) in [6.07, 6.45) is 1.64. The minimum Gasteiger partial charge on any atom is -0.337 e. The number of benzene rings is 1. The van der Waals surface area contributed by atoms with Gasteiger partial charge in [0.2, 0.25) is 0 Å². The molecule has 0 saturated carbocycles. The number of aromatic nitrogens is 3. The van der Waals surface area contributed by atoms with E-state index >= 15 is 0 Å². The molecule has 0 unspecified atom stereocenters. The molecule has 0 N–H and O–H groups in total. The zero-order valence-electron chi connectivity index (χ0n) is 13.8. The molecular formula is C18H17ClN4OS. The van der Waals surface area contributed by atoms with Crippen molar-refractivity contribution in [3.8, 4) is 11.4 Å². The fourth-order valence-electron chi connectivity index (χ4n) is 3.03. The molecule has 1 aliphatic heterocycles. The first-order chi connectivity index (χ1) is 12.1. The topological polar surface area (TPSA) is 51.0 Å². The Morgan fingerprint density at radius 1 is 1.24 bits per heavy atom. The minimum atomic E-state index is 0.0275. The summed E-state index contributed by atoms with van der Waals surface area (Å²) in [4.78, 5) is 23.7. The molecule has 1 saturated heterocycles. The van der Waals surface area contributed by atoms with Gasteiger partial charge in [-0.25, -0.2) is 9.97 Å². The van der Waals surface area contributed by atoms with Gasteiger partial charge >= 0.3 is 0 Å². The molecule has 25 heavy (non-hydrogen) atoms. The lowest BCUT2D eigenvalue weighted by molar-refractivity contribution is 0.0772. The molecule has 7 heteroatoms. The lowest BCUT2D eigenvalue weighted by Gasteiger charge is -2.26. The van der Waals surface area contributed by atoms with Crippen molar-refractivity contribution in [2.45, 2.75) is 0 Å². The zero-order chi connectivity index (χ0) is 17.4. The summed E-state index contributed by atoms with van der Waals surface area (Å²) in [5.74, 6) is 2.75. The average Bonchev–Trinajstić information content (AvgIpc) is 2.98. The Hall–Kier alpha value is -2.05. The number of hydrogen-bond acceptors (Lipinski definition) is 4. The van der Waals surface area contributed by atoms with Gasteiger partial charge in [0, 0.05) is 43.4 Å². The Morgan fingerprint density at radius 3 is 2.76 bits per heavy atom. The Bertz CT molecular complexity index is 949. The molecule has 4 rings (SSSR count). The quantitative estimate of drug-likeness (QED) is 0.691. The Labute approximate surface area is 155 Å². The maximum atomic E-state index is 12.7. The first kappa shape index (κ1) is 16.4. The van der Waals surface area contributed by atoms with E-state index in [2.05, 4.69) is 9.97 Å². The van der Waals surface area contributed by atoms with Crippen molar-refractivity contribution in [1.82, 2.24) is 19.4 Å². The molecule has 0 atom stereocenters. The molecule has 3 aromatic rings. The van der Waals surface area contributed by atoms with Gasteiger partial charge in [-0.1, -0.05) is 23.7 Å². The third-order valence-electron chi connectivity index (χ3n) is 4.37. The van der Waals surface area contributed by atoms with E-state index in [9.17, 15) is 4.79 Å². The monoisotopic (exact) mass is 372 g/mol. The number of aryl methyl sites for hydroxylation is 1. The number of carbonyl (C=O) groups is 1. The van der Waals surface area contributed by atoms with Crippen LogP contribution >= 0.6 is 23.4 Å². The van der Waals surface area contributed by atoms with Crippen molar-refractivity contribution in [3.05, 3.63) is 47.1 Å². The number of halogens is 1. The van der Waals surface area contributed by atoms with Gasteiger partial charge in [0.05, 0.1) is 10.6 Å². The van der Waals surface area contributed by atoms with Crippen LogP contribution in [0.25, 0.3) is 22.6 Å². The first-order valence-electron chi connectivity index (χ1n) is 8.09. The summed E-state index contributed by atoms with van der Waals surface area (Å²) in [5, 5.41) is 0.642. The number of carbonyl (C=O) groups excluding carboxylic acids is 1. The van der Waals surface area contributed by atoms with Crippen LogP contribution < -0.4 is 0 Å². The standard InChI is InChI=1S/C18H17ClN4OS/c1-22-16(13-4-2-3-5-14(13)19)21-15-10-12(11-20-17(15)22)18(24)23-6-8-25-9-7-23/h2-5,10-11H,6-9H2,1H3. The van der Waals surface area contributed by atoms with Gasteiger partial charge in [-0.05, 0) is 18.2 Å². The summed E-state index contributed by atoms with van der Waals surface area (Å²) in [6.45, 7) is 1.57. The van der Waals surface area contributed by atoms with Gasteiger partial charge in [-0.2, -0.15) is 11.8 Å². The summed E-state index contributed by atoms with van der Waals surface area (Å²) < 4.78 is 1.91. The van der Waals surface area contributed by atoms with Gasteiger partial charge in [0.1, 0.15) is 11.3 Å². The molecule has 2 aromatic heterocycles. The predicted molar refractivity (Wildman–Crippen MR) is 102 cm³/mol. The molecule has 0 aliphatic carbocycles. The van der Waals surface area contributed by atoms with Gasteiger partial charge in [-0.15, -0.1) is 0 Å². The second-order valence-corrected chi connectivity index (χ2v) is 7.58. The smallest absolute Gasteiger partial charge is 0.255 e. The van der Waals surface area contributed by atoms with Crippen LogP contribution in [0.5, 0.6) is 0 Å². The molecule has 1 fully saturated rings. The van der Waals surface area contributed by atoms with Crippen molar-refractivity contribution in [3.63, 3.8) is 0 Å². The molecule has 0 spiro atoms. The number of imidazole rings is 1. The van der Waals surface area contributed by atoms with E-state index in [0.717, 1.165) is 41.6 Å². The van der Waals surface area contributed by atoms with Crippen LogP contribution in [0.1, 0.15) is 10.4 Å². The normalized spacial score (nSPS) is 14.9. The number of fused-ring (bicyclic) bond motifs is 1. The highest BCUT2D eigenvalue weighted by Crippen LogP contribution is 2.29. The predicted octanol–water partition coefficient (Wildman–Crippen LogP) is 3.48. The van der Waals surface area contributed by atoms with Crippen molar-refractivity contribution in [1.29, 1.82) is 0 Å². The zero-order valence-corrected chi connectivity index (χ0v) is 15.3. The van der Waals surface area contributed by atoms with E-state index in [0.29, 0.717) is 16.1 Å². The highest BCUT2D eigenvalue weighted by molar-refractivity contribution is 7.99. The van der Waals surface area contributed by atoms with E-state index in [4.69, 9.17) is 11.6 Å².